The summed E-state index contributed by atoms with van der Waals surface area (Å²) in [6.07, 6.45) is 3.93. The zero-order chi connectivity index (χ0) is 10.2. The van der Waals surface area contributed by atoms with Crippen molar-refractivity contribution >= 4 is 17.3 Å². The van der Waals surface area contributed by atoms with Gasteiger partial charge in [-0.1, -0.05) is 0 Å². The van der Waals surface area contributed by atoms with Crippen LogP contribution in [0.2, 0.25) is 0 Å². The Morgan fingerprint density at radius 1 is 1.54 bits per heavy atom. The fraction of sp³-hybridized carbons (Fsp3) is 0.667. The van der Waals surface area contributed by atoms with Gasteiger partial charge in [-0.3, -0.25) is 0 Å². The highest BCUT2D eigenvalue weighted by Crippen LogP contribution is 2.19. The molecule has 1 heterocycles. The fourth-order valence-electron chi connectivity index (χ4n) is 1.18. The van der Waals surface area contributed by atoms with Gasteiger partial charge < -0.3 is 15.5 Å². The molecule has 0 spiro atoms. The van der Waals surface area contributed by atoms with Gasteiger partial charge >= 0.3 is 0 Å². The van der Waals surface area contributed by atoms with Gasteiger partial charge in [-0.05, 0) is 39.1 Å². The van der Waals surface area contributed by atoms with Crippen LogP contribution in [0, 0.1) is 0 Å². The number of hydrogen-bond acceptors (Lipinski definition) is 2. The highest BCUT2D eigenvalue weighted by Gasteiger charge is 2.30. The molecule has 0 fully saturated rings. The Labute approximate surface area is 85.2 Å². The molecule has 0 saturated carbocycles. The van der Waals surface area contributed by atoms with Crippen LogP contribution in [0.25, 0.3) is 0 Å². The minimum atomic E-state index is -0.456. The summed E-state index contributed by atoms with van der Waals surface area (Å²) in [6, 6.07) is 0.377. The van der Waals surface area contributed by atoms with Crippen molar-refractivity contribution in [3.05, 3.63) is 12.3 Å². The van der Waals surface area contributed by atoms with E-state index in [0.29, 0.717) is 6.04 Å². The summed E-state index contributed by atoms with van der Waals surface area (Å²) in [5, 5.41) is 0.780. The average molecular weight is 199 g/mol. The second-order valence-corrected chi connectivity index (χ2v) is 4.25. The first-order valence-electron chi connectivity index (χ1n) is 4.40. The molecule has 3 nitrogen and oxygen atoms in total. The molecule has 0 bridgehead atoms. The first kappa shape index (κ1) is 10.5. The molecule has 1 atom stereocenters. The van der Waals surface area contributed by atoms with Gasteiger partial charge in [-0.15, -0.1) is 0 Å². The Morgan fingerprint density at radius 3 is 2.54 bits per heavy atom. The predicted molar refractivity (Wildman–Crippen MR) is 59.1 cm³/mol. The quantitative estimate of drug-likeness (QED) is 0.641. The summed E-state index contributed by atoms with van der Waals surface area (Å²) < 4.78 is 0. The molecule has 1 aliphatic rings. The number of nitrogens with zero attached hydrogens (tertiary/aromatic N) is 2. The van der Waals surface area contributed by atoms with E-state index in [0.717, 1.165) is 5.11 Å². The van der Waals surface area contributed by atoms with E-state index < -0.39 is 5.66 Å². The second kappa shape index (κ2) is 3.27. The van der Waals surface area contributed by atoms with Crippen molar-refractivity contribution in [3.8, 4) is 0 Å². The van der Waals surface area contributed by atoms with E-state index in [1.54, 1.807) is 0 Å². The van der Waals surface area contributed by atoms with E-state index in [-0.39, 0.29) is 0 Å². The molecule has 0 aromatic rings. The van der Waals surface area contributed by atoms with Crippen LogP contribution >= 0.6 is 12.2 Å². The third kappa shape index (κ3) is 1.84. The largest absolute Gasteiger partial charge is 0.330 e. The van der Waals surface area contributed by atoms with Gasteiger partial charge in [0.15, 0.2) is 5.11 Å². The first-order chi connectivity index (χ1) is 5.86. The van der Waals surface area contributed by atoms with E-state index >= 15 is 0 Å². The van der Waals surface area contributed by atoms with Crippen molar-refractivity contribution < 1.29 is 0 Å². The molecular weight excluding hydrogens is 182 g/mol. The Bertz CT molecular complexity index is 245. The second-order valence-electron chi connectivity index (χ2n) is 3.88. The molecule has 0 radical (unpaired) electrons. The van der Waals surface area contributed by atoms with Gasteiger partial charge in [0, 0.05) is 19.3 Å². The molecule has 4 heteroatoms. The molecule has 1 aliphatic heterocycles. The van der Waals surface area contributed by atoms with Gasteiger partial charge in [-0.2, -0.15) is 0 Å². The number of rotatable bonds is 1. The summed E-state index contributed by atoms with van der Waals surface area (Å²) >= 11 is 5.30. The minimum absolute atomic E-state index is 0.377. The molecule has 0 aromatic heterocycles. The zero-order valence-electron chi connectivity index (χ0n) is 8.61. The lowest BCUT2D eigenvalue weighted by Gasteiger charge is -2.43. The molecule has 0 amide bonds. The van der Waals surface area contributed by atoms with E-state index in [9.17, 15) is 0 Å². The topological polar surface area (TPSA) is 32.5 Å². The molecule has 0 aromatic carbocycles. The summed E-state index contributed by atoms with van der Waals surface area (Å²) in [6.45, 7) is 6.14. The maximum atomic E-state index is 6.00. The Balaban J connectivity index is 2.94. The summed E-state index contributed by atoms with van der Waals surface area (Å²) in [4.78, 5) is 3.94. The Morgan fingerprint density at radius 2 is 2.08 bits per heavy atom. The maximum absolute atomic E-state index is 6.00. The van der Waals surface area contributed by atoms with Crippen LogP contribution in [-0.2, 0) is 0 Å². The first-order valence-corrected chi connectivity index (χ1v) is 4.81. The van der Waals surface area contributed by atoms with Crippen molar-refractivity contribution in [2.45, 2.75) is 32.5 Å². The Kier molecular flexibility index (Phi) is 2.63. The van der Waals surface area contributed by atoms with E-state index in [2.05, 4.69) is 13.8 Å². The fourth-order valence-corrected chi connectivity index (χ4v) is 1.65. The zero-order valence-corrected chi connectivity index (χ0v) is 9.43. The highest BCUT2D eigenvalue weighted by molar-refractivity contribution is 7.80. The van der Waals surface area contributed by atoms with Crippen LogP contribution < -0.4 is 5.73 Å². The molecule has 74 valence electrons. The summed E-state index contributed by atoms with van der Waals surface area (Å²) in [7, 11) is 1.92. The van der Waals surface area contributed by atoms with Gasteiger partial charge in [0.1, 0.15) is 5.66 Å². The normalized spacial score (nSPS) is 28.9. The van der Waals surface area contributed by atoms with Crippen molar-refractivity contribution in [2.75, 3.05) is 7.05 Å². The summed E-state index contributed by atoms with van der Waals surface area (Å²) in [5.41, 5.74) is 5.54. The van der Waals surface area contributed by atoms with Gasteiger partial charge in [0.2, 0.25) is 0 Å². The standard InChI is InChI=1S/C9H17N3S/c1-7(2)12-6-5-9(3,10)11(4)8(12)13/h5-7H,10H2,1-4H3. The van der Waals surface area contributed by atoms with Crippen LogP contribution in [0.3, 0.4) is 0 Å². The van der Waals surface area contributed by atoms with Crippen molar-refractivity contribution in [1.82, 2.24) is 9.80 Å². The number of likely N-dealkylation sites (N-methyl/N-ethyl adjacent to an activating group) is 1. The molecule has 1 rings (SSSR count). The van der Waals surface area contributed by atoms with Crippen molar-refractivity contribution in [1.29, 1.82) is 0 Å². The molecule has 13 heavy (non-hydrogen) atoms. The number of nitrogens with two attached hydrogens (primary N) is 1. The van der Waals surface area contributed by atoms with Crippen molar-refractivity contribution in [3.63, 3.8) is 0 Å². The van der Waals surface area contributed by atoms with Gasteiger partial charge in [0.25, 0.3) is 0 Å². The Hall–Kier alpha value is -0.610. The number of thiocarbonyl (C=S) groups is 1. The van der Waals surface area contributed by atoms with Gasteiger partial charge in [-0.25, -0.2) is 0 Å². The van der Waals surface area contributed by atoms with Crippen LogP contribution in [0.5, 0.6) is 0 Å². The minimum Gasteiger partial charge on any atom is -0.330 e. The van der Waals surface area contributed by atoms with Gasteiger partial charge in [0.05, 0.1) is 0 Å². The predicted octanol–water partition coefficient (Wildman–Crippen LogP) is 1.12. The summed E-state index contributed by atoms with van der Waals surface area (Å²) in [5.74, 6) is 0. The number of hydrogen-bond donors (Lipinski definition) is 1. The van der Waals surface area contributed by atoms with E-state index in [1.165, 1.54) is 0 Å². The molecule has 0 aliphatic carbocycles. The van der Waals surface area contributed by atoms with Crippen LogP contribution in [0.15, 0.2) is 12.3 Å². The monoisotopic (exact) mass is 199 g/mol. The molecular formula is C9H17N3S. The molecule has 0 saturated heterocycles. The maximum Gasteiger partial charge on any atom is 0.177 e. The lowest BCUT2D eigenvalue weighted by Crippen LogP contribution is -2.59. The van der Waals surface area contributed by atoms with Crippen LogP contribution in [-0.4, -0.2) is 33.7 Å². The lowest BCUT2D eigenvalue weighted by atomic mass is 10.1. The average Bonchev–Trinajstić information content (AvgIpc) is 2.00. The third-order valence-electron chi connectivity index (χ3n) is 2.36. The molecule has 1 unspecified atom stereocenters. The van der Waals surface area contributed by atoms with Crippen LogP contribution in [0.4, 0.5) is 0 Å². The van der Waals surface area contributed by atoms with Crippen molar-refractivity contribution in [2.24, 2.45) is 5.73 Å². The highest BCUT2D eigenvalue weighted by atomic mass is 32.1. The van der Waals surface area contributed by atoms with E-state index in [1.807, 2.05) is 36.0 Å². The lowest BCUT2D eigenvalue weighted by molar-refractivity contribution is 0.246. The third-order valence-corrected chi connectivity index (χ3v) is 2.84. The molecule has 2 N–H and O–H groups in total. The van der Waals surface area contributed by atoms with Crippen LogP contribution in [0.1, 0.15) is 20.8 Å². The van der Waals surface area contributed by atoms with E-state index in [4.69, 9.17) is 18.0 Å². The smallest absolute Gasteiger partial charge is 0.177 e. The SMILES string of the molecule is CC(C)N1C=CC(C)(N)N(C)C1=S.